The molecule has 0 fully saturated rings. The van der Waals surface area contributed by atoms with Crippen LogP contribution in [0.1, 0.15) is 35.3 Å². The summed E-state index contributed by atoms with van der Waals surface area (Å²) in [5.74, 6) is -1.73. The SMILES string of the molecule is CC1CCc2c(Br)c(F)cc3cc(C(=O)O)c(=O)n1c23. The number of carbonyl (C=O) groups is 1. The number of hydrogen-bond acceptors (Lipinski definition) is 2. The first-order valence-electron chi connectivity index (χ1n) is 6.21. The summed E-state index contributed by atoms with van der Waals surface area (Å²) in [4.78, 5) is 23.5. The Kier molecular flexibility index (Phi) is 2.93. The molecule has 4 nitrogen and oxygen atoms in total. The summed E-state index contributed by atoms with van der Waals surface area (Å²) in [6, 6.07) is 2.42. The van der Waals surface area contributed by atoms with Crippen LogP contribution in [0.5, 0.6) is 0 Å². The number of aromatic nitrogens is 1. The van der Waals surface area contributed by atoms with Crippen molar-refractivity contribution in [3.63, 3.8) is 0 Å². The zero-order chi connectivity index (χ0) is 14.6. The maximum Gasteiger partial charge on any atom is 0.341 e. The van der Waals surface area contributed by atoms with Gasteiger partial charge in [0.2, 0.25) is 0 Å². The first kappa shape index (κ1) is 13.3. The zero-order valence-electron chi connectivity index (χ0n) is 10.6. The average Bonchev–Trinajstić information content (AvgIpc) is 2.39. The number of nitrogens with zero attached hydrogens (tertiary/aromatic N) is 1. The Morgan fingerprint density at radius 3 is 2.85 bits per heavy atom. The van der Waals surface area contributed by atoms with E-state index in [1.165, 1.54) is 16.7 Å². The summed E-state index contributed by atoms with van der Waals surface area (Å²) in [7, 11) is 0. The standard InChI is InChI=1S/C14H11BrFNO3/c1-6-2-3-8-11(15)10(16)5-7-4-9(14(19)20)13(18)17(6)12(7)8/h4-6H,2-3H2,1H3,(H,19,20). The molecule has 20 heavy (non-hydrogen) atoms. The van der Waals surface area contributed by atoms with Gasteiger partial charge in [-0.2, -0.15) is 0 Å². The highest BCUT2D eigenvalue weighted by Gasteiger charge is 2.26. The highest BCUT2D eigenvalue weighted by atomic mass is 79.9. The molecule has 104 valence electrons. The van der Waals surface area contributed by atoms with Crippen molar-refractivity contribution >= 4 is 32.8 Å². The number of benzene rings is 1. The normalized spacial score (nSPS) is 17.4. The van der Waals surface area contributed by atoms with Crippen LogP contribution in [0.25, 0.3) is 10.9 Å². The van der Waals surface area contributed by atoms with Gasteiger partial charge in [-0.1, -0.05) is 0 Å². The molecule has 1 aliphatic heterocycles. The van der Waals surface area contributed by atoms with E-state index in [2.05, 4.69) is 15.9 Å². The number of carboxylic acids is 1. The van der Waals surface area contributed by atoms with Gasteiger partial charge in [-0.05, 0) is 53.4 Å². The van der Waals surface area contributed by atoms with Crippen molar-refractivity contribution in [1.82, 2.24) is 4.57 Å². The van der Waals surface area contributed by atoms with E-state index in [4.69, 9.17) is 5.11 Å². The largest absolute Gasteiger partial charge is 0.477 e. The van der Waals surface area contributed by atoms with Crippen molar-refractivity contribution in [3.8, 4) is 0 Å². The molecular formula is C14H11BrFNO3. The highest BCUT2D eigenvalue weighted by molar-refractivity contribution is 9.10. The topological polar surface area (TPSA) is 59.3 Å². The maximum absolute atomic E-state index is 13.9. The quantitative estimate of drug-likeness (QED) is 0.868. The molecule has 2 aromatic rings. The van der Waals surface area contributed by atoms with Crippen LogP contribution < -0.4 is 5.56 Å². The lowest BCUT2D eigenvalue weighted by Gasteiger charge is -2.26. The van der Waals surface area contributed by atoms with Crippen molar-refractivity contribution in [1.29, 1.82) is 0 Å². The molecule has 1 unspecified atom stereocenters. The fourth-order valence-electron chi connectivity index (χ4n) is 2.82. The average molecular weight is 340 g/mol. The number of hydrogen-bond donors (Lipinski definition) is 1. The fourth-order valence-corrected chi connectivity index (χ4v) is 3.32. The van der Waals surface area contributed by atoms with E-state index in [-0.39, 0.29) is 11.6 Å². The van der Waals surface area contributed by atoms with Gasteiger partial charge in [-0.25, -0.2) is 9.18 Å². The molecule has 2 heterocycles. The highest BCUT2D eigenvalue weighted by Crippen LogP contribution is 2.35. The van der Waals surface area contributed by atoms with Crippen molar-refractivity contribution in [2.75, 3.05) is 0 Å². The summed E-state index contributed by atoms with van der Waals surface area (Å²) < 4.78 is 15.7. The van der Waals surface area contributed by atoms with E-state index in [1.807, 2.05) is 6.92 Å². The van der Waals surface area contributed by atoms with Gasteiger partial charge in [0, 0.05) is 11.4 Å². The second kappa shape index (κ2) is 4.41. The summed E-state index contributed by atoms with van der Waals surface area (Å²) in [6.45, 7) is 1.87. The van der Waals surface area contributed by atoms with Crippen LogP contribution in [-0.2, 0) is 6.42 Å². The summed E-state index contributed by atoms with van der Waals surface area (Å²) in [5.41, 5.74) is 0.509. The molecule has 1 aromatic carbocycles. The Morgan fingerprint density at radius 2 is 2.20 bits per heavy atom. The van der Waals surface area contributed by atoms with Gasteiger partial charge in [0.15, 0.2) is 0 Å². The molecule has 0 spiro atoms. The minimum atomic E-state index is -1.29. The zero-order valence-corrected chi connectivity index (χ0v) is 12.2. The Morgan fingerprint density at radius 1 is 1.50 bits per heavy atom. The van der Waals surface area contributed by atoms with E-state index in [1.54, 1.807) is 0 Å². The maximum atomic E-state index is 13.9. The molecule has 6 heteroatoms. The van der Waals surface area contributed by atoms with E-state index in [0.29, 0.717) is 28.2 Å². The number of carboxylic acid groups (broad SMARTS) is 1. The van der Waals surface area contributed by atoms with E-state index in [0.717, 1.165) is 5.56 Å². The van der Waals surface area contributed by atoms with Gasteiger partial charge in [-0.15, -0.1) is 0 Å². The third kappa shape index (κ3) is 1.71. The van der Waals surface area contributed by atoms with Gasteiger partial charge < -0.3 is 9.67 Å². The molecule has 1 aromatic heterocycles. The van der Waals surface area contributed by atoms with E-state index in [9.17, 15) is 14.0 Å². The van der Waals surface area contributed by atoms with Crippen LogP contribution in [-0.4, -0.2) is 15.6 Å². The van der Waals surface area contributed by atoms with Crippen molar-refractivity contribution in [2.24, 2.45) is 0 Å². The molecule has 0 saturated carbocycles. The molecule has 0 saturated heterocycles. The van der Waals surface area contributed by atoms with Gasteiger partial charge in [0.1, 0.15) is 11.4 Å². The van der Waals surface area contributed by atoms with Crippen molar-refractivity contribution < 1.29 is 14.3 Å². The smallest absolute Gasteiger partial charge is 0.341 e. The van der Waals surface area contributed by atoms with E-state index >= 15 is 0 Å². The third-order valence-corrected chi connectivity index (χ3v) is 4.65. The number of rotatable bonds is 1. The summed E-state index contributed by atoms with van der Waals surface area (Å²) in [6.07, 6.45) is 1.33. The minimum absolute atomic E-state index is 0.103. The number of aryl methyl sites for hydroxylation is 1. The van der Waals surface area contributed by atoms with Gasteiger partial charge in [-0.3, -0.25) is 4.79 Å². The predicted octanol–water partition coefficient (Wildman–Crippen LogP) is 3.11. The molecule has 1 atom stereocenters. The Hall–Kier alpha value is -1.69. The molecule has 0 aliphatic carbocycles. The Labute approximate surface area is 122 Å². The first-order chi connectivity index (χ1) is 9.41. The van der Waals surface area contributed by atoms with E-state index < -0.39 is 17.3 Å². The lowest BCUT2D eigenvalue weighted by Crippen LogP contribution is -2.31. The molecule has 0 bridgehead atoms. The number of aromatic carboxylic acids is 1. The number of halogens is 2. The Bertz CT molecular complexity index is 812. The van der Waals surface area contributed by atoms with Gasteiger partial charge in [0.25, 0.3) is 5.56 Å². The molecule has 1 N–H and O–H groups in total. The molecule has 3 rings (SSSR count). The summed E-state index contributed by atoms with van der Waals surface area (Å²) in [5, 5.41) is 9.57. The van der Waals surface area contributed by atoms with Crippen molar-refractivity contribution in [2.45, 2.75) is 25.8 Å². The van der Waals surface area contributed by atoms with Crippen LogP contribution in [0.3, 0.4) is 0 Å². The van der Waals surface area contributed by atoms with Crippen LogP contribution in [0.15, 0.2) is 21.4 Å². The molecular weight excluding hydrogens is 329 g/mol. The molecule has 0 radical (unpaired) electrons. The monoisotopic (exact) mass is 339 g/mol. The predicted molar refractivity (Wildman–Crippen MR) is 75.9 cm³/mol. The third-order valence-electron chi connectivity index (χ3n) is 3.79. The fraction of sp³-hybridized carbons (Fsp3) is 0.286. The molecule has 1 aliphatic rings. The Balaban J connectivity index is 2.57. The van der Waals surface area contributed by atoms with Gasteiger partial charge in [0.05, 0.1) is 9.99 Å². The van der Waals surface area contributed by atoms with Crippen molar-refractivity contribution in [3.05, 3.63) is 43.9 Å². The molecule has 0 amide bonds. The second-order valence-electron chi connectivity index (χ2n) is 5.01. The van der Waals surface area contributed by atoms with Crippen LogP contribution in [0, 0.1) is 5.82 Å². The lowest BCUT2D eigenvalue weighted by molar-refractivity contribution is 0.0694. The second-order valence-corrected chi connectivity index (χ2v) is 5.81. The number of pyridine rings is 1. The lowest BCUT2D eigenvalue weighted by atomic mass is 9.96. The summed E-state index contributed by atoms with van der Waals surface area (Å²) >= 11 is 3.21. The van der Waals surface area contributed by atoms with Crippen LogP contribution in [0.2, 0.25) is 0 Å². The van der Waals surface area contributed by atoms with Crippen LogP contribution in [0.4, 0.5) is 4.39 Å². The van der Waals surface area contributed by atoms with Crippen LogP contribution >= 0.6 is 15.9 Å². The van der Waals surface area contributed by atoms with Gasteiger partial charge >= 0.3 is 5.97 Å². The first-order valence-corrected chi connectivity index (χ1v) is 7.00. The minimum Gasteiger partial charge on any atom is -0.477 e.